The maximum atomic E-state index is 11.0. The summed E-state index contributed by atoms with van der Waals surface area (Å²) in [5.74, 6) is -0.102. The number of hydrogen-bond donors (Lipinski definition) is 1. The van der Waals surface area contributed by atoms with E-state index in [1.54, 1.807) is 4.52 Å². The molecule has 7 heteroatoms. The third kappa shape index (κ3) is 2.12. The molecule has 0 aliphatic heterocycles. The molecule has 2 aromatic rings. The van der Waals surface area contributed by atoms with Gasteiger partial charge in [0.15, 0.2) is 5.65 Å². The molecule has 15 heavy (non-hydrogen) atoms. The zero-order valence-electron chi connectivity index (χ0n) is 8.07. The van der Waals surface area contributed by atoms with Crippen LogP contribution in [0.25, 0.3) is 5.65 Å². The summed E-state index contributed by atoms with van der Waals surface area (Å²) >= 11 is 6.24. The third-order valence-corrected chi connectivity index (χ3v) is 2.92. The zero-order chi connectivity index (χ0) is 10.8. The molecule has 0 saturated carbocycles. The summed E-state index contributed by atoms with van der Waals surface area (Å²) in [7, 11) is 0. The minimum atomic E-state index is -0.303. The first-order valence-electron chi connectivity index (χ1n) is 4.39. The minimum absolute atomic E-state index is 0.0940. The Morgan fingerprint density at radius 2 is 2.40 bits per heavy atom. The number of aromatic nitrogens is 3. The van der Waals surface area contributed by atoms with E-state index in [9.17, 15) is 4.79 Å². The Balaban J connectivity index is 2.39. The minimum Gasteiger partial charge on any atom is -0.292 e. The fraction of sp³-hybridized carbons (Fsp3) is 0.125. The molecule has 2 heterocycles. The zero-order valence-corrected chi connectivity index (χ0v) is 10.8. The standard InChI is InChI=1S/C8H6ClN4O.Al.2H/c9-5-7(14)11-8-10-6-3-1-2-4-13(6)12-8;;;/h1-3H,5H2,(H,11,12,14);;;. The van der Waals surface area contributed by atoms with Crippen LogP contribution in [0, 0.1) is 0 Å². The number of pyridine rings is 1. The number of carbonyl (C=O) groups is 1. The maximum absolute atomic E-state index is 11.0. The van der Waals surface area contributed by atoms with Crippen molar-refractivity contribution < 1.29 is 4.79 Å². The van der Waals surface area contributed by atoms with E-state index in [4.69, 9.17) is 11.6 Å². The smallest absolute Gasteiger partial charge is 0.290 e. The van der Waals surface area contributed by atoms with Crippen LogP contribution in [-0.4, -0.2) is 42.7 Å². The van der Waals surface area contributed by atoms with Crippen LogP contribution in [0.4, 0.5) is 5.95 Å². The van der Waals surface area contributed by atoms with E-state index >= 15 is 0 Å². The summed E-state index contributed by atoms with van der Waals surface area (Å²) in [6, 6.07) is 5.73. The van der Waals surface area contributed by atoms with Crippen LogP contribution in [0.3, 0.4) is 0 Å². The molecule has 0 unspecified atom stereocenters. The average Bonchev–Trinajstić information content (AvgIpc) is 2.62. The summed E-state index contributed by atoms with van der Waals surface area (Å²) in [6.45, 7) is 0. The summed E-state index contributed by atoms with van der Waals surface area (Å²) in [5, 5.41) is 6.66. The number of rotatable bonds is 2. The Labute approximate surface area is 98.9 Å². The van der Waals surface area contributed by atoms with Crippen molar-refractivity contribution in [3.8, 4) is 0 Å². The van der Waals surface area contributed by atoms with Crippen molar-refractivity contribution in [3.05, 3.63) is 18.2 Å². The molecule has 2 rings (SSSR count). The number of nitrogens with one attached hydrogen (secondary N) is 1. The van der Waals surface area contributed by atoms with Crippen LogP contribution >= 0.6 is 11.6 Å². The van der Waals surface area contributed by atoms with Gasteiger partial charge in [-0.3, -0.25) is 10.1 Å². The number of carbonyl (C=O) groups excluding carboxylic acids is 1. The highest BCUT2D eigenvalue weighted by molar-refractivity contribution is 6.31. The highest BCUT2D eigenvalue weighted by Gasteiger charge is 2.06. The van der Waals surface area contributed by atoms with Crippen molar-refractivity contribution in [2.45, 2.75) is 0 Å². The van der Waals surface area contributed by atoms with Gasteiger partial charge < -0.3 is 0 Å². The summed E-state index contributed by atoms with van der Waals surface area (Å²) in [4.78, 5) is 15.2. The Morgan fingerprint density at radius 1 is 1.60 bits per heavy atom. The fourth-order valence-corrected chi connectivity index (χ4v) is 1.84. The average molecular weight is 239 g/mol. The first-order chi connectivity index (χ1) is 7.20. The largest absolute Gasteiger partial charge is 0.292 e. The second-order valence-corrected chi connectivity index (χ2v) is 4.35. The Kier molecular flexibility index (Phi) is 2.91. The van der Waals surface area contributed by atoms with Crippen molar-refractivity contribution in [3.63, 3.8) is 0 Å². The van der Waals surface area contributed by atoms with Crippen molar-refractivity contribution in [1.29, 1.82) is 0 Å². The number of halogens is 1. The molecule has 0 spiro atoms. The topological polar surface area (TPSA) is 59.3 Å². The lowest BCUT2D eigenvalue weighted by atomic mass is 10.5. The number of anilines is 1. The van der Waals surface area contributed by atoms with Crippen LogP contribution in [-0.2, 0) is 4.79 Å². The van der Waals surface area contributed by atoms with Crippen molar-refractivity contribution in [2.75, 3.05) is 11.2 Å². The molecule has 1 N–H and O–H groups in total. The SMILES string of the molecule is O=C(CCl)Nc1nc2ccc[c]([AlH2])n2n1. The molecule has 2 aromatic heterocycles. The Bertz CT molecular complexity index is 512. The van der Waals surface area contributed by atoms with Gasteiger partial charge in [-0.05, 0) is 10.6 Å². The van der Waals surface area contributed by atoms with Crippen LogP contribution in [0.5, 0.6) is 0 Å². The molecule has 0 aliphatic carbocycles. The summed E-state index contributed by atoms with van der Waals surface area (Å²) in [5.41, 5.74) is 0.729. The first kappa shape index (κ1) is 10.4. The lowest BCUT2D eigenvalue weighted by Crippen LogP contribution is -2.16. The molecule has 0 bridgehead atoms. The molecular formula is C8H8AlClN4O. The predicted octanol–water partition coefficient (Wildman–Crippen LogP) is -0.835. The molecule has 76 valence electrons. The summed E-state index contributed by atoms with van der Waals surface area (Å²) in [6.07, 6.45) is 0. The molecule has 0 fully saturated rings. The molecule has 1 amide bonds. The molecule has 0 atom stereocenters. The predicted molar refractivity (Wildman–Crippen MR) is 60.5 cm³/mol. The maximum Gasteiger partial charge on any atom is 0.290 e. The van der Waals surface area contributed by atoms with Gasteiger partial charge in [0.25, 0.3) is 16.3 Å². The molecule has 0 aliphatic rings. The van der Waals surface area contributed by atoms with Gasteiger partial charge in [0.05, 0.1) is 0 Å². The second kappa shape index (κ2) is 4.19. The lowest BCUT2D eigenvalue weighted by Gasteiger charge is -1.95. The number of hydrogen-bond acceptors (Lipinski definition) is 3. The van der Waals surface area contributed by atoms with Crippen molar-refractivity contribution in [2.24, 2.45) is 0 Å². The molecule has 0 saturated heterocycles. The fourth-order valence-electron chi connectivity index (χ4n) is 1.25. The quantitative estimate of drug-likeness (QED) is 0.549. The summed E-state index contributed by atoms with van der Waals surface area (Å²) < 4.78 is 2.81. The van der Waals surface area contributed by atoms with Gasteiger partial charge in [0.2, 0.25) is 11.9 Å². The van der Waals surface area contributed by atoms with E-state index in [1.807, 2.05) is 18.2 Å². The van der Waals surface area contributed by atoms with Crippen LogP contribution in [0.15, 0.2) is 18.2 Å². The van der Waals surface area contributed by atoms with Gasteiger partial charge >= 0.3 is 0 Å². The van der Waals surface area contributed by atoms with E-state index in [-0.39, 0.29) is 11.8 Å². The molecular weight excluding hydrogens is 231 g/mol. The molecule has 5 nitrogen and oxygen atoms in total. The number of alkyl halides is 1. The van der Waals surface area contributed by atoms with Crippen LogP contribution in [0.1, 0.15) is 0 Å². The van der Waals surface area contributed by atoms with Gasteiger partial charge in [0, 0.05) is 0 Å². The van der Waals surface area contributed by atoms with Gasteiger partial charge in [-0.15, -0.1) is 16.7 Å². The van der Waals surface area contributed by atoms with Crippen LogP contribution in [0.2, 0.25) is 0 Å². The van der Waals surface area contributed by atoms with Crippen LogP contribution < -0.4 is 9.87 Å². The number of nitrogens with zero attached hydrogens (tertiary/aromatic N) is 3. The van der Waals surface area contributed by atoms with E-state index in [1.165, 1.54) is 0 Å². The number of amides is 1. The van der Waals surface area contributed by atoms with E-state index in [0.29, 0.717) is 5.95 Å². The van der Waals surface area contributed by atoms with Gasteiger partial charge in [0.1, 0.15) is 5.88 Å². The normalized spacial score (nSPS) is 10.5. The van der Waals surface area contributed by atoms with Gasteiger partial charge in [-0.25, -0.2) is 4.52 Å². The Hall–Kier alpha value is -1.09. The number of fused-ring (bicyclic) bond motifs is 1. The Morgan fingerprint density at radius 3 is 3.07 bits per heavy atom. The van der Waals surface area contributed by atoms with E-state index < -0.39 is 0 Å². The first-order valence-corrected chi connectivity index (χ1v) is 5.92. The van der Waals surface area contributed by atoms with E-state index in [2.05, 4.69) is 15.4 Å². The van der Waals surface area contributed by atoms with Gasteiger partial charge in [-0.1, -0.05) is 12.1 Å². The van der Waals surface area contributed by atoms with E-state index in [0.717, 1.165) is 26.5 Å². The molecule has 0 radical (unpaired) electrons. The highest BCUT2D eigenvalue weighted by Crippen LogP contribution is 2.02. The van der Waals surface area contributed by atoms with Crippen molar-refractivity contribution >= 4 is 49.9 Å². The molecule has 0 aromatic carbocycles. The third-order valence-electron chi connectivity index (χ3n) is 1.92. The second-order valence-electron chi connectivity index (χ2n) is 3.05. The lowest BCUT2D eigenvalue weighted by molar-refractivity contribution is -0.114. The van der Waals surface area contributed by atoms with Crippen molar-refractivity contribution in [1.82, 2.24) is 14.6 Å². The monoisotopic (exact) mass is 238 g/mol. The van der Waals surface area contributed by atoms with Gasteiger partial charge in [-0.2, -0.15) is 4.98 Å². The highest BCUT2D eigenvalue weighted by atomic mass is 35.5.